The Morgan fingerprint density at radius 2 is 1.94 bits per heavy atom. The smallest absolute Gasteiger partial charge is 0.302 e. The molecule has 0 unspecified atom stereocenters. The number of rotatable bonds is 3. The molecule has 1 aromatic rings. The van der Waals surface area contributed by atoms with Crippen molar-refractivity contribution in [1.82, 2.24) is 5.06 Å². The minimum absolute atomic E-state index is 0.0494. The molecule has 0 aliphatic carbocycles. The van der Waals surface area contributed by atoms with Gasteiger partial charge >= 0.3 is 6.18 Å². The van der Waals surface area contributed by atoms with E-state index in [9.17, 15) is 17.6 Å². The Kier molecular flexibility index (Phi) is 3.88. The largest absolute Gasteiger partial charge is 0.419 e. The van der Waals surface area contributed by atoms with Crippen LogP contribution in [0, 0.1) is 5.82 Å². The number of hydrogen-bond acceptors (Lipinski definition) is 2. The first kappa shape index (κ1) is 12.9. The van der Waals surface area contributed by atoms with E-state index < -0.39 is 17.6 Å². The third kappa shape index (κ3) is 2.93. The molecule has 0 aromatic heterocycles. The molecule has 0 fully saturated rings. The molecule has 16 heavy (non-hydrogen) atoms. The van der Waals surface area contributed by atoms with E-state index >= 15 is 0 Å². The summed E-state index contributed by atoms with van der Waals surface area (Å²) in [6, 6.07) is 3.18. The van der Waals surface area contributed by atoms with Crippen LogP contribution in [0.4, 0.5) is 17.6 Å². The molecule has 0 radical (unpaired) electrons. The van der Waals surface area contributed by atoms with Gasteiger partial charge in [0.2, 0.25) is 0 Å². The lowest BCUT2D eigenvalue weighted by atomic mass is 10.1. The van der Waals surface area contributed by atoms with E-state index in [1.807, 2.05) is 0 Å². The minimum Gasteiger partial charge on any atom is -0.302 e. The predicted octanol–water partition coefficient (Wildman–Crippen LogP) is 2.84. The van der Waals surface area contributed by atoms with Crippen LogP contribution in [0.1, 0.15) is 11.1 Å². The monoisotopic (exact) mass is 237 g/mol. The average molecular weight is 237 g/mol. The normalized spacial score (nSPS) is 12.2. The van der Waals surface area contributed by atoms with Gasteiger partial charge in [0.15, 0.2) is 0 Å². The molecule has 2 nitrogen and oxygen atoms in total. The molecule has 0 atom stereocenters. The molecule has 1 aromatic carbocycles. The summed E-state index contributed by atoms with van der Waals surface area (Å²) in [5, 5.41) is 1.23. The van der Waals surface area contributed by atoms with Crippen molar-refractivity contribution >= 4 is 0 Å². The fourth-order valence-corrected chi connectivity index (χ4v) is 1.23. The summed E-state index contributed by atoms with van der Waals surface area (Å²) in [5.41, 5.74) is -1.31. The molecular weight excluding hydrogens is 226 g/mol. The summed E-state index contributed by atoms with van der Waals surface area (Å²) in [5.74, 6) is -1.25. The molecule has 0 spiro atoms. The maximum atomic E-state index is 13.5. The van der Waals surface area contributed by atoms with Crippen molar-refractivity contribution < 1.29 is 22.4 Å². The zero-order chi connectivity index (χ0) is 12.3. The van der Waals surface area contributed by atoms with E-state index in [2.05, 4.69) is 0 Å². The average Bonchev–Trinajstić information content (AvgIpc) is 2.19. The molecule has 0 aliphatic rings. The fraction of sp³-hybridized carbons (Fsp3) is 0.400. The number of nitrogens with zero attached hydrogens (tertiary/aromatic N) is 1. The van der Waals surface area contributed by atoms with Crippen molar-refractivity contribution in [2.75, 3.05) is 14.2 Å². The van der Waals surface area contributed by atoms with Crippen LogP contribution in [0.25, 0.3) is 0 Å². The number of halogens is 4. The topological polar surface area (TPSA) is 12.5 Å². The summed E-state index contributed by atoms with van der Waals surface area (Å²) in [7, 11) is 2.85. The van der Waals surface area contributed by atoms with Gasteiger partial charge in [0.1, 0.15) is 5.82 Å². The van der Waals surface area contributed by atoms with Crippen LogP contribution in [0.15, 0.2) is 18.2 Å². The van der Waals surface area contributed by atoms with Crippen LogP contribution in [0.3, 0.4) is 0 Å². The lowest BCUT2D eigenvalue weighted by molar-refractivity contribution is -0.140. The van der Waals surface area contributed by atoms with Gasteiger partial charge < -0.3 is 4.84 Å². The summed E-state index contributed by atoms with van der Waals surface area (Å²) in [6.45, 7) is -0.0494. The zero-order valence-electron chi connectivity index (χ0n) is 8.81. The predicted molar refractivity (Wildman–Crippen MR) is 49.9 cm³/mol. The maximum absolute atomic E-state index is 13.5. The van der Waals surface area contributed by atoms with E-state index in [4.69, 9.17) is 4.84 Å². The summed E-state index contributed by atoms with van der Waals surface area (Å²) in [6.07, 6.45) is -4.67. The van der Waals surface area contributed by atoms with Crippen molar-refractivity contribution in [3.8, 4) is 0 Å². The van der Waals surface area contributed by atoms with Gasteiger partial charge in [-0.3, -0.25) is 0 Å². The Hall–Kier alpha value is -1.14. The highest BCUT2D eigenvalue weighted by atomic mass is 19.4. The summed E-state index contributed by atoms with van der Waals surface area (Å²) in [4.78, 5) is 4.72. The van der Waals surface area contributed by atoms with Crippen LogP contribution >= 0.6 is 0 Å². The van der Waals surface area contributed by atoms with E-state index in [0.29, 0.717) is 6.07 Å². The SMILES string of the molecule is CON(C)Cc1cccc(C(F)(F)F)c1F. The second-order valence-corrected chi connectivity index (χ2v) is 3.25. The summed E-state index contributed by atoms with van der Waals surface area (Å²) < 4.78 is 50.6. The van der Waals surface area contributed by atoms with Gasteiger partial charge in [-0.15, -0.1) is 0 Å². The van der Waals surface area contributed by atoms with Crippen LogP contribution in [-0.4, -0.2) is 19.2 Å². The maximum Gasteiger partial charge on any atom is 0.419 e. The quantitative estimate of drug-likeness (QED) is 0.592. The van der Waals surface area contributed by atoms with Gasteiger partial charge in [0, 0.05) is 12.6 Å². The van der Waals surface area contributed by atoms with Crippen LogP contribution in [0.5, 0.6) is 0 Å². The lowest BCUT2D eigenvalue weighted by Gasteiger charge is -2.16. The molecule has 1 rings (SSSR count). The standard InChI is InChI=1S/C10H11F4NO/c1-15(16-2)6-7-4-3-5-8(9(7)11)10(12,13)14/h3-5H,6H2,1-2H3. The first-order valence-electron chi connectivity index (χ1n) is 4.46. The minimum atomic E-state index is -4.67. The first-order chi connectivity index (χ1) is 7.36. The van der Waals surface area contributed by atoms with E-state index in [0.717, 1.165) is 0 Å². The van der Waals surface area contributed by atoms with Gasteiger partial charge in [-0.05, 0) is 6.07 Å². The van der Waals surface area contributed by atoms with Gasteiger partial charge in [0.25, 0.3) is 0 Å². The Morgan fingerprint density at radius 3 is 2.44 bits per heavy atom. The second kappa shape index (κ2) is 4.80. The molecule has 0 aliphatic heterocycles. The highest BCUT2D eigenvalue weighted by Crippen LogP contribution is 2.32. The van der Waals surface area contributed by atoms with Crippen LogP contribution in [0.2, 0.25) is 0 Å². The molecule has 0 saturated heterocycles. The number of hydroxylamine groups is 2. The Balaban J connectivity index is 3.05. The van der Waals surface area contributed by atoms with Crippen LogP contribution in [-0.2, 0) is 17.6 Å². The van der Waals surface area contributed by atoms with Crippen molar-refractivity contribution in [2.45, 2.75) is 12.7 Å². The molecule has 0 amide bonds. The molecule has 90 valence electrons. The molecule has 0 N–H and O–H groups in total. The molecule has 0 heterocycles. The highest BCUT2D eigenvalue weighted by molar-refractivity contribution is 5.27. The number of hydrogen-bond donors (Lipinski definition) is 0. The van der Waals surface area contributed by atoms with Crippen molar-refractivity contribution in [1.29, 1.82) is 0 Å². The third-order valence-electron chi connectivity index (χ3n) is 2.09. The van der Waals surface area contributed by atoms with Gasteiger partial charge in [-0.25, -0.2) is 4.39 Å². The fourth-order valence-electron chi connectivity index (χ4n) is 1.23. The Bertz CT molecular complexity index is 364. The van der Waals surface area contributed by atoms with Gasteiger partial charge in [-0.1, -0.05) is 12.1 Å². The number of alkyl halides is 3. The van der Waals surface area contributed by atoms with Crippen molar-refractivity contribution in [2.24, 2.45) is 0 Å². The third-order valence-corrected chi connectivity index (χ3v) is 2.09. The van der Waals surface area contributed by atoms with E-state index in [-0.39, 0.29) is 12.1 Å². The molecule has 0 saturated carbocycles. The molecule has 0 bridgehead atoms. The first-order valence-corrected chi connectivity index (χ1v) is 4.46. The Morgan fingerprint density at radius 1 is 1.31 bits per heavy atom. The lowest BCUT2D eigenvalue weighted by Crippen LogP contribution is -2.18. The Labute approximate surface area is 90.4 Å². The zero-order valence-corrected chi connectivity index (χ0v) is 8.81. The van der Waals surface area contributed by atoms with Crippen molar-refractivity contribution in [3.05, 3.63) is 35.1 Å². The molecular formula is C10H11F4NO. The van der Waals surface area contributed by atoms with Gasteiger partial charge in [-0.2, -0.15) is 18.2 Å². The van der Waals surface area contributed by atoms with E-state index in [1.54, 1.807) is 0 Å². The van der Waals surface area contributed by atoms with Gasteiger partial charge in [0.05, 0.1) is 19.2 Å². The molecule has 6 heteroatoms. The van der Waals surface area contributed by atoms with Crippen LogP contribution < -0.4 is 0 Å². The van der Waals surface area contributed by atoms with Crippen molar-refractivity contribution in [3.63, 3.8) is 0 Å². The summed E-state index contributed by atoms with van der Waals surface area (Å²) >= 11 is 0. The number of benzene rings is 1. The second-order valence-electron chi connectivity index (χ2n) is 3.25. The highest BCUT2D eigenvalue weighted by Gasteiger charge is 2.34. The van der Waals surface area contributed by atoms with E-state index in [1.165, 1.54) is 31.4 Å².